The molecule has 3 rings (SSSR count). The van der Waals surface area contributed by atoms with Gasteiger partial charge in [0.25, 0.3) is 0 Å². The van der Waals surface area contributed by atoms with Crippen molar-refractivity contribution in [3.63, 3.8) is 0 Å². The summed E-state index contributed by atoms with van der Waals surface area (Å²) in [4.78, 5) is 8.63. The van der Waals surface area contributed by atoms with Crippen LogP contribution in [0.15, 0.2) is 30.3 Å². The molecule has 1 aromatic heterocycles. The highest BCUT2D eigenvalue weighted by atomic mass is 35.5. The Balaban J connectivity index is 2.33. The second kappa shape index (κ2) is 5.24. The fourth-order valence-electron chi connectivity index (χ4n) is 2.21. The molecule has 2 aromatic carbocycles. The Labute approximate surface area is 131 Å². The first-order valence-corrected chi connectivity index (χ1v) is 7.12. The molecule has 0 amide bonds. The van der Waals surface area contributed by atoms with E-state index in [9.17, 15) is 4.39 Å². The van der Waals surface area contributed by atoms with E-state index in [1.807, 2.05) is 32.0 Å². The SMILES string of the molecule is Cc1ccc(-c2nc(Cl)c3c(F)ccc(C)c3n2)c(Cl)c1. The summed E-state index contributed by atoms with van der Waals surface area (Å²) in [6.45, 7) is 3.80. The van der Waals surface area contributed by atoms with E-state index in [1.54, 1.807) is 6.07 Å². The molecule has 0 unspecified atom stereocenters. The van der Waals surface area contributed by atoms with Crippen molar-refractivity contribution in [2.75, 3.05) is 0 Å². The third kappa shape index (κ3) is 2.47. The zero-order chi connectivity index (χ0) is 15.1. The van der Waals surface area contributed by atoms with Gasteiger partial charge < -0.3 is 0 Å². The van der Waals surface area contributed by atoms with Crippen LogP contribution < -0.4 is 0 Å². The lowest BCUT2D eigenvalue weighted by Gasteiger charge is -2.09. The van der Waals surface area contributed by atoms with Crippen LogP contribution in [-0.4, -0.2) is 9.97 Å². The minimum Gasteiger partial charge on any atom is -0.227 e. The third-order valence-corrected chi connectivity index (χ3v) is 3.91. The van der Waals surface area contributed by atoms with Gasteiger partial charge in [-0.3, -0.25) is 0 Å². The molecule has 21 heavy (non-hydrogen) atoms. The minimum atomic E-state index is -0.429. The lowest BCUT2D eigenvalue weighted by Crippen LogP contribution is -1.96. The summed E-state index contributed by atoms with van der Waals surface area (Å²) in [6, 6.07) is 8.62. The Bertz CT molecular complexity index is 863. The van der Waals surface area contributed by atoms with E-state index in [-0.39, 0.29) is 10.5 Å². The van der Waals surface area contributed by atoms with E-state index in [1.165, 1.54) is 6.07 Å². The number of fused-ring (bicyclic) bond motifs is 1. The van der Waals surface area contributed by atoms with Gasteiger partial charge in [-0.1, -0.05) is 35.3 Å². The fourth-order valence-corrected chi connectivity index (χ4v) is 2.79. The maximum absolute atomic E-state index is 13.9. The molecule has 0 saturated heterocycles. The van der Waals surface area contributed by atoms with Crippen LogP contribution in [0.4, 0.5) is 4.39 Å². The molecule has 1 heterocycles. The van der Waals surface area contributed by atoms with E-state index in [2.05, 4.69) is 9.97 Å². The quantitative estimate of drug-likeness (QED) is 0.564. The molecule has 0 spiro atoms. The van der Waals surface area contributed by atoms with Crippen molar-refractivity contribution in [3.05, 3.63) is 57.5 Å². The van der Waals surface area contributed by atoms with Gasteiger partial charge in [-0.15, -0.1) is 0 Å². The molecule has 0 fully saturated rings. The largest absolute Gasteiger partial charge is 0.227 e. The first kappa shape index (κ1) is 14.2. The van der Waals surface area contributed by atoms with Crippen LogP contribution in [0.3, 0.4) is 0 Å². The molecule has 5 heteroatoms. The standard InChI is InChI=1S/C16H11Cl2FN2/c1-8-3-5-10(11(17)7-8)16-20-14-9(2)4-6-12(19)13(14)15(18)21-16/h3-7H,1-2H3. The molecule has 3 aromatic rings. The van der Waals surface area contributed by atoms with Crippen LogP contribution in [0.5, 0.6) is 0 Å². The molecule has 0 aliphatic heterocycles. The van der Waals surface area contributed by atoms with E-state index in [0.717, 1.165) is 11.1 Å². The van der Waals surface area contributed by atoms with Gasteiger partial charge in [0.2, 0.25) is 0 Å². The zero-order valence-electron chi connectivity index (χ0n) is 11.4. The van der Waals surface area contributed by atoms with Crippen LogP contribution in [-0.2, 0) is 0 Å². The van der Waals surface area contributed by atoms with Crippen LogP contribution >= 0.6 is 23.2 Å². The molecule has 0 aliphatic rings. The molecule has 0 aliphatic carbocycles. The van der Waals surface area contributed by atoms with Crippen LogP contribution in [0.2, 0.25) is 10.2 Å². The average molecular weight is 321 g/mol. The summed E-state index contributed by atoms with van der Waals surface area (Å²) < 4.78 is 13.9. The molecule has 2 nitrogen and oxygen atoms in total. The summed E-state index contributed by atoms with van der Waals surface area (Å²) in [5.74, 6) is -0.0339. The van der Waals surface area contributed by atoms with E-state index >= 15 is 0 Å². The van der Waals surface area contributed by atoms with Crippen molar-refractivity contribution in [1.82, 2.24) is 9.97 Å². The predicted octanol–water partition coefficient (Wildman–Crippen LogP) is 5.36. The number of aryl methyl sites for hydroxylation is 2. The molecule has 0 bridgehead atoms. The third-order valence-electron chi connectivity index (χ3n) is 3.32. The van der Waals surface area contributed by atoms with Crippen molar-refractivity contribution in [3.8, 4) is 11.4 Å². The van der Waals surface area contributed by atoms with Gasteiger partial charge in [0.05, 0.1) is 15.9 Å². The highest BCUT2D eigenvalue weighted by molar-refractivity contribution is 6.35. The molecule has 0 N–H and O–H groups in total. The lowest BCUT2D eigenvalue weighted by atomic mass is 10.1. The zero-order valence-corrected chi connectivity index (χ0v) is 12.9. The molecule has 0 radical (unpaired) electrons. The summed E-state index contributed by atoms with van der Waals surface area (Å²) >= 11 is 12.4. The number of nitrogens with zero attached hydrogens (tertiary/aromatic N) is 2. The van der Waals surface area contributed by atoms with E-state index in [0.29, 0.717) is 21.9 Å². The Morgan fingerprint density at radius 2 is 1.76 bits per heavy atom. The van der Waals surface area contributed by atoms with Crippen molar-refractivity contribution in [1.29, 1.82) is 0 Å². The van der Waals surface area contributed by atoms with Crippen LogP contribution in [0, 0.1) is 19.7 Å². The molecular weight excluding hydrogens is 310 g/mol. The van der Waals surface area contributed by atoms with Gasteiger partial charge >= 0.3 is 0 Å². The first-order valence-electron chi connectivity index (χ1n) is 6.36. The summed E-state index contributed by atoms with van der Waals surface area (Å²) in [7, 11) is 0. The predicted molar refractivity (Wildman–Crippen MR) is 84.4 cm³/mol. The van der Waals surface area contributed by atoms with E-state index < -0.39 is 5.82 Å². The summed E-state index contributed by atoms with van der Waals surface area (Å²) in [5.41, 5.74) is 3.05. The lowest BCUT2D eigenvalue weighted by molar-refractivity contribution is 0.639. The molecule has 106 valence electrons. The number of hydrogen-bond donors (Lipinski definition) is 0. The van der Waals surface area contributed by atoms with Crippen LogP contribution in [0.25, 0.3) is 22.3 Å². The summed E-state index contributed by atoms with van der Waals surface area (Å²) in [5, 5.41) is 0.871. The Hall–Kier alpha value is -1.71. The van der Waals surface area contributed by atoms with Gasteiger partial charge in [-0.05, 0) is 43.2 Å². The highest BCUT2D eigenvalue weighted by Gasteiger charge is 2.15. The van der Waals surface area contributed by atoms with Gasteiger partial charge in [-0.25, -0.2) is 14.4 Å². The number of rotatable bonds is 1. The number of aromatic nitrogens is 2. The fraction of sp³-hybridized carbons (Fsp3) is 0.125. The second-order valence-corrected chi connectivity index (χ2v) is 5.67. The van der Waals surface area contributed by atoms with E-state index in [4.69, 9.17) is 23.2 Å². The highest BCUT2D eigenvalue weighted by Crippen LogP contribution is 2.31. The van der Waals surface area contributed by atoms with Crippen molar-refractivity contribution in [2.45, 2.75) is 13.8 Å². The Kier molecular flexibility index (Phi) is 3.56. The number of hydrogen-bond acceptors (Lipinski definition) is 2. The Morgan fingerprint density at radius 1 is 1.00 bits per heavy atom. The molecule has 0 atom stereocenters. The van der Waals surface area contributed by atoms with Gasteiger partial charge in [0.15, 0.2) is 5.82 Å². The van der Waals surface area contributed by atoms with Gasteiger partial charge in [0, 0.05) is 5.56 Å². The monoisotopic (exact) mass is 320 g/mol. The van der Waals surface area contributed by atoms with Crippen molar-refractivity contribution >= 4 is 34.1 Å². The second-order valence-electron chi connectivity index (χ2n) is 4.91. The topological polar surface area (TPSA) is 25.8 Å². The number of halogens is 3. The number of benzene rings is 2. The smallest absolute Gasteiger partial charge is 0.163 e. The normalized spacial score (nSPS) is 11.1. The van der Waals surface area contributed by atoms with Gasteiger partial charge in [-0.2, -0.15) is 0 Å². The maximum Gasteiger partial charge on any atom is 0.163 e. The summed E-state index contributed by atoms with van der Waals surface area (Å²) in [6.07, 6.45) is 0. The van der Waals surface area contributed by atoms with Crippen molar-refractivity contribution < 1.29 is 4.39 Å². The van der Waals surface area contributed by atoms with Gasteiger partial charge in [0.1, 0.15) is 11.0 Å². The maximum atomic E-state index is 13.9. The first-order chi connectivity index (χ1) is 9.97. The average Bonchev–Trinajstić information content (AvgIpc) is 2.42. The van der Waals surface area contributed by atoms with Crippen molar-refractivity contribution in [2.24, 2.45) is 0 Å². The molecular formula is C16H11Cl2FN2. The minimum absolute atomic E-state index is 0.0906. The Morgan fingerprint density at radius 3 is 2.48 bits per heavy atom. The van der Waals surface area contributed by atoms with Crippen LogP contribution in [0.1, 0.15) is 11.1 Å². The molecule has 0 saturated carbocycles.